The highest BCUT2D eigenvalue weighted by Gasteiger charge is 2.57. The number of hydrogen-bond acceptors (Lipinski definition) is 5. The molecule has 2 aromatic rings. The van der Waals surface area contributed by atoms with E-state index < -0.39 is 24.0 Å². The second-order valence-electron chi connectivity index (χ2n) is 5.84. The van der Waals surface area contributed by atoms with Gasteiger partial charge in [-0.1, -0.05) is 0 Å². The monoisotopic (exact) mass is 496 g/mol. The average Bonchev–Trinajstić information content (AvgIpc) is 2.97. The second kappa shape index (κ2) is 9.09. The summed E-state index contributed by atoms with van der Waals surface area (Å²) < 4.78 is 53.2. The summed E-state index contributed by atoms with van der Waals surface area (Å²) in [4.78, 5) is 17.1. The Balaban J connectivity index is 2.54. The molecular formula is C17H20BrF2N2O4PS. The number of aliphatic imine (C=N–C) groups is 1. The molecule has 1 aromatic heterocycles. The van der Waals surface area contributed by atoms with Crippen molar-refractivity contribution >= 4 is 57.2 Å². The molecule has 0 unspecified atom stereocenters. The van der Waals surface area contributed by atoms with Crippen molar-refractivity contribution in [2.24, 2.45) is 4.99 Å². The van der Waals surface area contributed by atoms with Gasteiger partial charge in [0.2, 0.25) is 0 Å². The first-order valence-corrected chi connectivity index (χ1v) is 11.5. The van der Waals surface area contributed by atoms with Crippen LogP contribution in [0.4, 0.5) is 8.78 Å². The van der Waals surface area contributed by atoms with Gasteiger partial charge in [-0.05, 0) is 48.0 Å². The summed E-state index contributed by atoms with van der Waals surface area (Å²) in [6.07, 6.45) is 1.36. The minimum atomic E-state index is -4.73. The van der Waals surface area contributed by atoms with Crippen LogP contribution in [-0.2, 0) is 19.3 Å². The standard InChI is InChI=1S/C17H20BrF2N2O4PS/c1-5-25-27(24,26-6-2)17(19,20)15-14(18)12-9-11(7-8-13(12)28-15)16(23)21-10-22(3)4/h7-10H,5-6H2,1-4H3. The first-order chi connectivity index (χ1) is 13.1. The van der Waals surface area contributed by atoms with E-state index in [0.717, 1.165) is 11.3 Å². The van der Waals surface area contributed by atoms with Crippen molar-refractivity contribution in [3.8, 4) is 0 Å². The Kier molecular flexibility index (Phi) is 7.50. The van der Waals surface area contributed by atoms with E-state index in [2.05, 4.69) is 20.9 Å². The van der Waals surface area contributed by atoms with E-state index in [-0.39, 0.29) is 23.2 Å². The van der Waals surface area contributed by atoms with Gasteiger partial charge in [0.05, 0.1) is 19.6 Å². The van der Waals surface area contributed by atoms with Gasteiger partial charge >= 0.3 is 13.3 Å². The van der Waals surface area contributed by atoms with Crippen LogP contribution in [0.3, 0.4) is 0 Å². The predicted octanol–water partition coefficient (Wildman–Crippen LogP) is 5.71. The lowest BCUT2D eigenvalue weighted by atomic mass is 10.1. The van der Waals surface area contributed by atoms with Crippen LogP contribution < -0.4 is 0 Å². The van der Waals surface area contributed by atoms with Gasteiger partial charge in [-0.15, -0.1) is 11.3 Å². The van der Waals surface area contributed by atoms with Gasteiger partial charge < -0.3 is 13.9 Å². The summed E-state index contributed by atoms with van der Waals surface area (Å²) in [6, 6.07) is 4.53. The molecule has 0 saturated carbocycles. The van der Waals surface area contributed by atoms with E-state index in [1.54, 1.807) is 25.1 Å². The van der Waals surface area contributed by atoms with Crippen molar-refractivity contribution in [3.63, 3.8) is 0 Å². The summed E-state index contributed by atoms with van der Waals surface area (Å²) in [5.74, 6) is -0.503. The number of carbonyl (C=O) groups is 1. The SMILES string of the molecule is CCOP(=O)(OCC)C(F)(F)c1sc2ccc(C(=O)N=CN(C)C)cc2c1Br. The molecule has 1 heterocycles. The number of nitrogens with zero attached hydrogens (tertiary/aromatic N) is 2. The van der Waals surface area contributed by atoms with Crippen LogP contribution in [0.2, 0.25) is 0 Å². The lowest BCUT2D eigenvalue weighted by molar-refractivity contribution is 0.0387. The van der Waals surface area contributed by atoms with E-state index in [1.807, 2.05) is 0 Å². The first kappa shape index (κ1) is 23.1. The molecule has 0 spiro atoms. The van der Waals surface area contributed by atoms with Crippen LogP contribution in [0, 0.1) is 0 Å². The molecule has 0 aliphatic heterocycles. The number of thiophene rings is 1. The highest BCUT2D eigenvalue weighted by Crippen LogP contribution is 2.69. The number of fused-ring (bicyclic) bond motifs is 1. The van der Waals surface area contributed by atoms with Crippen LogP contribution in [-0.4, -0.2) is 44.5 Å². The molecular weight excluding hydrogens is 477 g/mol. The van der Waals surface area contributed by atoms with Crippen LogP contribution in [0.1, 0.15) is 29.1 Å². The molecule has 1 amide bonds. The number of rotatable bonds is 8. The number of benzene rings is 1. The topological polar surface area (TPSA) is 68.2 Å². The maximum atomic E-state index is 15.1. The fraction of sp³-hybridized carbons (Fsp3) is 0.412. The van der Waals surface area contributed by atoms with E-state index in [0.29, 0.717) is 10.1 Å². The quantitative estimate of drug-likeness (QED) is 0.266. The third-order valence-electron chi connectivity index (χ3n) is 3.50. The second-order valence-corrected chi connectivity index (χ2v) is 9.76. The Morgan fingerprint density at radius 3 is 2.46 bits per heavy atom. The van der Waals surface area contributed by atoms with E-state index in [4.69, 9.17) is 9.05 Å². The maximum Gasteiger partial charge on any atom is 0.405 e. The Labute approximate surface area is 174 Å². The van der Waals surface area contributed by atoms with Crippen molar-refractivity contribution in [2.45, 2.75) is 19.5 Å². The number of carbonyl (C=O) groups excluding carboxylic acids is 1. The molecule has 0 fully saturated rings. The number of alkyl halides is 2. The summed E-state index contributed by atoms with van der Waals surface area (Å²) >= 11 is 3.93. The van der Waals surface area contributed by atoms with Crippen LogP contribution in [0.25, 0.3) is 10.1 Å². The summed E-state index contributed by atoms with van der Waals surface area (Å²) in [6.45, 7) is 2.57. The molecule has 154 valence electrons. The molecule has 1 aromatic carbocycles. The minimum absolute atomic E-state index is 0.0448. The smallest absolute Gasteiger partial charge is 0.369 e. The summed E-state index contributed by atoms with van der Waals surface area (Å²) in [5, 5.41) is 0.394. The van der Waals surface area contributed by atoms with Crippen molar-refractivity contribution in [2.75, 3.05) is 27.3 Å². The van der Waals surface area contributed by atoms with Crippen LogP contribution in [0.5, 0.6) is 0 Å². The van der Waals surface area contributed by atoms with Gasteiger partial charge in [0.1, 0.15) is 4.88 Å². The lowest BCUT2D eigenvalue weighted by Crippen LogP contribution is -2.17. The predicted molar refractivity (Wildman–Crippen MR) is 111 cm³/mol. The Hall–Kier alpha value is -1.19. The first-order valence-electron chi connectivity index (χ1n) is 8.31. The zero-order valence-corrected chi connectivity index (χ0v) is 19.0. The minimum Gasteiger partial charge on any atom is -0.369 e. The van der Waals surface area contributed by atoms with Gasteiger partial charge in [0.15, 0.2) is 0 Å². The van der Waals surface area contributed by atoms with E-state index in [9.17, 15) is 9.36 Å². The van der Waals surface area contributed by atoms with E-state index in [1.165, 1.54) is 32.3 Å². The third kappa shape index (κ3) is 4.52. The third-order valence-corrected chi connectivity index (χ3v) is 8.08. The Bertz CT molecular complexity index is 939. The fourth-order valence-electron chi connectivity index (χ4n) is 2.30. The molecule has 6 nitrogen and oxygen atoms in total. The van der Waals surface area contributed by atoms with E-state index >= 15 is 8.78 Å². The molecule has 0 radical (unpaired) electrons. The van der Waals surface area contributed by atoms with Crippen molar-refractivity contribution in [1.82, 2.24) is 4.90 Å². The molecule has 28 heavy (non-hydrogen) atoms. The molecule has 2 rings (SSSR count). The molecule has 0 aliphatic carbocycles. The van der Waals surface area contributed by atoms with Gasteiger partial charge in [-0.2, -0.15) is 13.8 Å². The normalized spacial score (nSPS) is 12.8. The van der Waals surface area contributed by atoms with Gasteiger partial charge in [-0.3, -0.25) is 9.36 Å². The summed E-state index contributed by atoms with van der Waals surface area (Å²) in [5.41, 5.74) is -3.61. The van der Waals surface area contributed by atoms with Crippen LogP contribution >= 0.6 is 34.9 Å². The molecule has 0 N–H and O–H groups in total. The van der Waals surface area contributed by atoms with Crippen molar-refractivity contribution in [1.29, 1.82) is 0 Å². The number of halogens is 3. The highest BCUT2D eigenvalue weighted by atomic mass is 79.9. The largest absolute Gasteiger partial charge is 0.405 e. The average molecular weight is 497 g/mol. The molecule has 0 bridgehead atoms. The molecule has 11 heteroatoms. The van der Waals surface area contributed by atoms with Gasteiger partial charge in [-0.25, -0.2) is 0 Å². The Morgan fingerprint density at radius 1 is 1.32 bits per heavy atom. The maximum absolute atomic E-state index is 15.1. The lowest BCUT2D eigenvalue weighted by Gasteiger charge is -2.25. The molecule has 0 saturated heterocycles. The zero-order chi connectivity index (χ0) is 21.1. The van der Waals surface area contributed by atoms with Crippen molar-refractivity contribution in [3.05, 3.63) is 33.1 Å². The fourth-order valence-corrected chi connectivity index (χ4v) is 6.27. The number of amides is 1. The zero-order valence-electron chi connectivity index (χ0n) is 15.7. The molecule has 0 aliphatic rings. The van der Waals surface area contributed by atoms with Crippen molar-refractivity contribution < 1.29 is 27.2 Å². The summed E-state index contributed by atoms with van der Waals surface area (Å²) in [7, 11) is -1.29. The van der Waals surface area contributed by atoms with Gasteiger partial charge in [0.25, 0.3) is 5.91 Å². The molecule has 0 atom stereocenters. The van der Waals surface area contributed by atoms with Gasteiger partial charge in [0, 0.05) is 34.2 Å². The van der Waals surface area contributed by atoms with Crippen LogP contribution in [0.15, 0.2) is 27.7 Å². The highest BCUT2D eigenvalue weighted by molar-refractivity contribution is 9.10. The number of hydrogen-bond donors (Lipinski definition) is 0. The Morgan fingerprint density at radius 2 is 1.93 bits per heavy atom.